The van der Waals surface area contributed by atoms with Crippen LogP contribution in [0.25, 0.3) is 66.6 Å². The molecule has 0 radical (unpaired) electrons. The molecule has 0 amide bonds. The van der Waals surface area contributed by atoms with Crippen LogP contribution in [0.4, 0.5) is 0 Å². The van der Waals surface area contributed by atoms with E-state index < -0.39 is 0 Å². The van der Waals surface area contributed by atoms with Gasteiger partial charge in [0.2, 0.25) is 0 Å². The molecule has 0 saturated carbocycles. The fraction of sp³-hybridized carbons (Fsp3) is 0.262. The van der Waals surface area contributed by atoms with E-state index in [4.69, 9.17) is 15.2 Å². The summed E-state index contributed by atoms with van der Waals surface area (Å²) in [7, 11) is 0. The number of hydrogen-bond acceptors (Lipinski definition) is 2. The van der Waals surface area contributed by atoms with Crippen molar-refractivity contribution in [2.24, 2.45) is 0 Å². The third kappa shape index (κ3) is 8.44. The Kier molecular flexibility index (Phi) is 10.5. The number of aromatic nitrogens is 4. The Morgan fingerprint density at radius 1 is 0.549 bits per heavy atom. The van der Waals surface area contributed by atoms with Crippen LogP contribution >= 0.6 is 0 Å². The Balaban J connectivity index is 1.08. The monoisotopic (exact) mass is 1120 g/mol. The molecule has 71 heavy (non-hydrogen) atoms. The number of nitrogens with zero attached hydrogens (tertiary/aromatic N) is 4. The first kappa shape index (κ1) is 42.2. The zero-order valence-electron chi connectivity index (χ0n) is 46.4. The Hall–Kier alpha value is -6.55. The van der Waals surface area contributed by atoms with Crippen molar-refractivity contribution < 1.29 is 29.6 Å². The summed E-state index contributed by atoms with van der Waals surface area (Å²) < 4.78 is 50.5. The van der Waals surface area contributed by atoms with Crippen molar-refractivity contribution in [1.82, 2.24) is 18.7 Å². The number of pyridine rings is 1. The third-order valence-electron chi connectivity index (χ3n) is 14.6. The molecular weight excluding hydrogens is 1050 g/mol. The Morgan fingerprint density at radius 2 is 1.20 bits per heavy atom. The predicted molar refractivity (Wildman–Crippen MR) is 292 cm³/mol. The Bertz CT molecular complexity index is 3950. The zero-order valence-corrected chi connectivity index (χ0v) is 44.7. The van der Waals surface area contributed by atoms with Gasteiger partial charge in [0.05, 0.1) is 5.48 Å². The summed E-state index contributed by atoms with van der Waals surface area (Å²) in [5, 5.41) is 1.15. The second kappa shape index (κ2) is 17.6. The van der Waals surface area contributed by atoms with Gasteiger partial charge in [-0.25, -0.2) is 4.98 Å². The van der Waals surface area contributed by atoms with Crippen molar-refractivity contribution in [3.63, 3.8) is 0 Å². The van der Waals surface area contributed by atoms with E-state index in [2.05, 4.69) is 207 Å². The number of fused-ring (bicyclic) bond motifs is 5. The third-order valence-corrected chi connectivity index (χ3v) is 15.7. The molecule has 3 aromatic heterocycles. The van der Waals surface area contributed by atoms with Crippen LogP contribution in [0.2, 0.25) is 0 Å². The molecule has 2 atom stereocenters. The molecule has 360 valence electrons. The Morgan fingerprint density at radius 3 is 1.92 bits per heavy atom. The summed E-state index contributed by atoms with van der Waals surface area (Å²) in [5.74, 6) is 2.22. The van der Waals surface area contributed by atoms with Crippen molar-refractivity contribution >= 4 is 32.8 Å². The standard InChI is InChI=1S/C65H64N4O.Pt/c1-42-27-32-56(55-39-48(28-30-50(42)55)70-49-29-31-54-53-21-14-15-24-57(53)69(60(54)40-49)61-38-45(33-34-66-61)63(2,3)4)67-41-68(59-26-17-16-25-58(59)67)62-51(43-19-12-11-13-20-43)22-18-23-52(62)44-35-46(64(5,6)7)37-47(36-44)65(8,9)10;/h11-26,28-31,33-40,42,56H,27,32H2,1-10H3;/i14D,15D,21D,24D;. The van der Waals surface area contributed by atoms with Crippen LogP contribution in [0.1, 0.15) is 127 Å². The Labute approximate surface area is 435 Å². The van der Waals surface area contributed by atoms with Gasteiger partial charge < -0.3 is 0 Å². The molecule has 0 aliphatic heterocycles. The zero-order chi connectivity index (χ0) is 53.0. The molecule has 1 aliphatic carbocycles. The van der Waals surface area contributed by atoms with Crippen molar-refractivity contribution in [2.75, 3.05) is 0 Å². The maximum absolute atomic E-state index is 9.15. The summed E-state index contributed by atoms with van der Waals surface area (Å²) in [6.45, 7) is 22.6. The summed E-state index contributed by atoms with van der Waals surface area (Å²) in [6.07, 6.45) is 3.75. The number of ether oxygens (including phenoxy) is 1. The molecule has 7 aromatic carbocycles. The topological polar surface area (TPSA) is 36.9 Å². The van der Waals surface area contributed by atoms with Gasteiger partial charge >= 0.3 is 353 Å². The van der Waals surface area contributed by atoms with Gasteiger partial charge in [0.1, 0.15) is 0 Å². The SMILES string of the molecule is [2H]c1c([2H])c([2H])c2c(c1[2H])c1ccc(Oc3ccc4c(c3)C(n3[c](=[Pt])n(-c5c(-c6ccccc6)cccc5-c5cc(C(C)(C)C)cc(C(C)(C)C)c5)c5ccccc53)CCC4C)cc1n2-c1cc(C(C)(C)C)ccn1. The smallest absolute Gasteiger partial charge is 0.239 e. The maximum atomic E-state index is 9.15. The molecule has 1 aliphatic rings. The van der Waals surface area contributed by atoms with Crippen molar-refractivity contribution in [1.29, 1.82) is 0 Å². The van der Waals surface area contributed by atoms with Crippen LogP contribution in [0.3, 0.4) is 0 Å². The summed E-state index contributed by atoms with van der Waals surface area (Å²) in [5.41, 5.74) is 15.2. The van der Waals surface area contributed by atoms with E-state index in [1.807, 2.05) is 34.9 Å². The van der Waals surface area contributed by atoms with Crippen LogP contribution in [-0.2, 0) is 35.6 Å². The van der Waals surface area contributed by atoms with Gasteiger partial charge in [0, 0.05) is 6.20 Å². The van der Waals surface area contributed by atoms with Crippen molar-refractivity contribution in [3.05, 3.63) is 202 Å². The number of hydrogen-bond donors (Lipinski definition) is 0. The van der Waals surface area contributed by atoms with Gasteiger partial charge in [-0.05, 0) is 29.2 Å². The van der Waals surface area contributed by atoms with Gasteiger partial charge in [-0.15, -0.1) is 0 Å². The van der Waals surface area contributed by atoms with Crippen LogP contribution in [0.5, 0.6) is 11.5 Å². The normalized spacial score (nSPS) is 16.2. The van der Waals surface area contributed by atoms with Gasteiger partial charge in [-0.3, -0.25) is 0 Å². The molecule has 0 fully saturated rings. The van der Waals surface area contributed by atoms with Gasteiger partial charge in [-0.2, -0.15) is 0 Å². The first-order valence-corrected chi connectivity index (χ1v) is 26.1. The number of rotatable bonds is 7. The second-order valence-electron chi connectivity index (χ2n) is 22.6. The molecule has 0 bridgehead atoms. The van der Waals surface area contributed by atoms with E-state index >= 15 is 0 Å². The fourth-order valence-corrected chi connectivity index (χ4v) is 11.8. The average Bonchev–Trinajstić information content (AvgIpc) is 3.88. The van der Waals surface area contributed by atoms with E-state index in [-0.39, 0.29) is 46.5 Å². The molecule has 5 nitrogen and oxygen atoms in total. The minimum absolute atomic E-state index is 0.00212. The minimum Gasteiger partial charge on any atom is -0.239 e. The first-order chi connectivity index (χ1) is 35.6. The molecular formula is C65H64N4OPt. The van der Waals surface area contributed by atoms with Crippen LogP contribution in [0, 0.1) is 3.80 Å². The van der Waals surface area contributed by atoms with Crippen LogP contribution < -0.4 is 4.74 Å². The molecule has 0 N–H and O–H groups in total. The number of benzene rings is 7. The van der Waals surface area contributed by atoms with E-state index in [9.17, 15) is 0 Å². The van der Waals surface area contributed by atoms with Crippen LogP contribution in [-0.4, -0.2) is 18.7 Å². The van der Waals surface area contributed by atoms with Gasteiger partial charge in [0.25, 0.3) is 0 Å². The van der Waals surface area contributed by atoms with E-state index in [0.29, 0.717) is 45.0 Å². The summed E-state index contributed by atoms with van der Waals surface area (Å²) >= 11 is 2.59. The quantitative estimate of drug-likeness (QED) is 0.159. The van der Waals surface area contributed by atoms with Gasteiger partial charge in [0.15, 0.2) is 0 Å². The molecule has 3 heterocycles. The molecule has 11 rings (SSSR count). The predicted octanol–water partition coefficient (Wildman–Crippen LogP) is 17.5. The molecule has 0 saturated heterocycles. The fourth-order valence-electron chi connectivity index (χ4n) is 10.6. The van der Waals surface area contributed by atoms with Crippen molar-refractivity contribution in [3.8, 4) is 45.3 Å². The van der Waals surface area contributed by atoms with E-state index in [0.717, 1.165) is 50.1 Å². The molecule has 2 unspecified atom stereocenters. The van der Waals surface area contributed by atoms with Crippen LogP contribution in [0.15, 0.2) is 170 Å². The summed E-state index contributed by atoms with van der Waals surface area (Å²) in [6, 6.07) is 49.3. The van der Waals surface area contributed by atoms with Gasteiger partial charge in [-0.1, -0.05) is 38.9 Å². The first-order valence-electron chi connectivity index (χ1n) is 27.0. The minimum atomic E-state index is -0.282. The van der Waals surface area contributed by atoms with E-state index in [1.165, 1.54) is 33.4 Å². The molecule has 10 aromatic rings. The number of para-hydroxylation sites is 4. The average molecular weight is 1120 g/mol. The molecule has 6 heteroatoms. The van der Waals surface area contributed by atoms with E-state index in [1.54, 1.807) is 6.20 Å². The second-order valence-corrected chi connectivity index (χ2v) is 23.6. The summed E-state index contributed by atoms with van der Waals surface area (Å²) in [4.78, 5) is 4.80. The van der Waals surface area contributed by atoms with Crippen molar-refractivity contribution in [2.45, 2.75) is 110 Å². The number of imidazole rings is 1. The molecule has 0 spiro atoms.